The molecule has 1 saturated heterocycles. The van der Waals surface area contributed by atoms with Gasteiger partial charge in [-0.3, -0.25) is 4.90 Å². The molecule has 0 aromatic heterocycles. The molecule has 144 valence electrons. The predicted molar refractivity (Wildman–Crippen MR) is 98.2 cm³/mol. The molecule has 1 heterocycles. The van der Waals surface area contributed by atoms with Crippen molar-refractivity contribution in [2.24, 2.45) is 11.8 Å². The zero-order chi connectivity index (χ0) is 19.0. The Morgan fingerprint density at radius 1 is 0.963 bits per heavy atom. The average Bonchev–Trinajstić information content (AvgIpc) is 3.20. The Hall–Kier alpha value is -1.85. The van der Waals surface area contributed by atoms with Crippen LogP contribution >= 0.6 is 0 Å². The highest BCUT2D eigenvalue weighted by Gasteiger charge is 2.41. The van der Waals surface area contributed by atoms with Gasteiger partial charge in [-0.05, 0) is 53.9 Å². The zero-order valence-corrected chi connectivity index (χ0v) is 15.1. The maximum Gasteiger partial charge on any atom is 0.416 e. The molecule has 5 heteroatoms. The number of rotatable bonds is 4. The van der Waals surface area contributed by atoms with Crippen molar-refractivity contribution >= 4 is 0 Å². The molecule has 0 amide bonds. The van der Waals surface area contributed by atoms with Gasteiger partial charge in [0.05, 0.1) is 11.7 Å². The lowest BCUT2D eigenvalue weighted by Gasteiger charge is -2.22. The topological polar surface area (TPSA) is 23.5 Å². The molecule has 0 spiro atoms. The summed E-state index contributed by atoms with van der Waals surface area (Å²) < 4.78 is 38.6. The lowest BCUT2D eigenvalue weighted by molar-refractivity contribution is -0.137. The Kier molecular flexibility index (Phi) is 4.99. The number of nitrogens with zero attached hydrogens (tertiary/aromatic N) is 1. The Bertz CT molecular complexity index is 763. The van der Waals surface area contributed by atoms with Gasteiger partial charge in [0.15, 0.2) is 0 Å². The second-order valence-corrected chi connectivity index (χ2v) is 7.96. The molecular formula is C22H24F3NO. The van der Waals surface area contributed by atoms with E-state index in [1.54, 1.807) is 6.07 Å². The molecule has 2 aliphatic rings. The monoisotopic (exact) mass is 375 g/mol. The van der Waals surface area contributed by atoms with Gasteiger partial charge in [-0.1, -0.05) is 42.5 Å². The minimum atomic E-state index is -4.38. The highest BCUT2D eigenvalue weighted by atomic mass is 19.4. The summed E-state index contributed by atoms with van der Waals surface area (Å²) >= 11 is 0. The standard InChI is InChI=1S/C22H24F3NO/c23-22(24,25)20-8-4-7-16(11-20)21(27)14-26-12-18-9-17(10-19(18)13-26)15-5-2-1-3-6-15/h1-8,11,17-19,21,27H,9-10,12-14H2/t17?,18-,19+,21?. The molecule has 0 bridgehead atoms. The van der Waals surface area contributed by atoms with Crippen LogP contribution in [-0.4, -0.2) is 29.6 Å². The minimum absolute atomic E-state index is 0.337. The SMILES string of the molecule is OC(CN1C[C@H]2CC(c3ccccc3)C[C@H]2C1)c1cccc(C(F)(F)F)c1. The summed E-state index contributed by atoms with van der Waals surface area (Å²) in [7, 11) is 0. The van der Waals surface area contributed by atoms with Gasteiger partial charge in [0.2, 0.25) is 0 Å². The zero-order valence-electron chi connectivity index (χ0n) is 15.1. The fraction of sp³-hybridized carbons (Fsp3) is 0.455. The molecule has 1 aliphatic heterocycles. The number of likely N-dealkylation sites (tertiary alicyclic amines) is 1. The van der Waals surface area contributed by atoms with E-state index in [4.69, 9.17) is 0 Å². The van der Waals surface area contributed by atoms with E-state index >= 15 is 0 Å². The van der Waals surface area contributed by atoms with E-state index in [1.807, 2.05) is 6.07 Å². The molecular weight excluding hydrogens is 351 g/mol. The van der Waals surface area contributed by atoms with Crippen molar-refractivity contribution in [3.8, 4) is 0 Å². The van der Waals surface area contributed by atoms with Crippen molar-refractivity contribution in [1.82, 2.24) is 4.90 Å². The molecule has 4 atom stereocenters. The van der Waals surface area contributed by atoms with Crippen LogP contribution in [0.2, 0.25) is 0 Å². The van der Waals surface area contributed by atoms with E-state index in [0.717, 1.165) is 38.1 Å². The summed E-state index contributed by atoms with van der Waals surface area (Å²) in [5, 5.41) is 10.5. The number of fused-ring (bicyclic) bond motifs is 1. The van der Waals surface area contributed by atoms with Crippen LogP contribution in [0.1, 0.15) is 41.6 Å². The van der Waals surface area contributed by atoms with E-state index < -0.39 is 17.8 Å². The van der Waals surface area contributed by atoms with Crippen LogP contribution in [0.5, 0.6) is 0 Å². The van der Waals surface area contributed by atoms with Gasteiger partial charge in [0, 0.05) is 19.6 Å². The van der Waals surface area contributed by atoms with Crippen LogP contribution < -0.4 is 0 Å². The van der Waals surface area contributed by atoms with E-state index in [-0.39, 0.29) is 0 Å². The molecule has 0 radical (unpaired) electrons. The van der Waals surface area contributed by atoms with Gasteiger partial charge >= 0.3 is 6.18 Å². The van der Waals surface area contributed by atoms with Gasteiger partial charge < -0.3 is 5.11 Å². The Labute approximate surface area is 157 Å². The van der Waals surface area contributed by atoms with Gasteiger partial charge in [0.25, 0.3) is 0 Å². The lowest BCUT2D eigenvalue weighted by atomic mass is 9.96. The third-order valence-corrected chi connectivity index (χ3v) is 6.13. The normalized spacial score (nSPS) is 26.9. The first-order valence-electron chi connectivity index (χ1n) is 9.52. The van der Waals surface area contributed by atoms with Crippen LogP contribution in [0, 0.1) is 11.8 Å². The third kappa shape index (κ3) is 4.04. The van der Waals surface area contributed by atoms with Gasteiger partial charge in [-0.25, -0.2) is 0 Å². The number of alkyl halides is 3. The molecule has 27 heavy (non-hydrogen) atoms. The Morgan fingerprint density at radius 2 is 1.63 bits per heavy atom. The lowest BCUT2D eigenvalue weighted by Crippen LogP contribution is -2.27. The summed E-state index contributed by atoms with van der Waals surface area (Å²) in [6.07, 6.45) is -2.96. The highest BCUT2D eigenvalue weighted by Crippen LogP contribution is 2.46. The second kappa shape index (κ2) is 7.28. The molecule has 1 N–H and O–H groups in total. The molecule has 2 fully saturated rings. The first-order chi connectivity index (χ1) is 12.9. The van der Waals surface area contributed by atoms with Crippen molar-refractivity contribution in [3.05, 3.63) is 71.3 Å². The van der Waals surface area contributed by atoms with Crippen molar-refractivity contribution in [2.75, 3.05) is 19.6 Å². The van der Waals surface area contributed by atoms with Gasteiger partial charge in [0.1, 0.15) is 0 Å². The number of β-amino-alcohol motifs (C(OH)–C–C–N with tert-alkyl or cyclic N) is 1. The molecule has 1 saturated carbocycles. The number of hydrogen-bond acceptors (Lipinski definition) is 2. The average molecular weight is 375 g/mol. The number of halogens is 3. The molecule has 2 unspecified atom stereocenters. The van der Waals surface area contributed by atoms with Gasteiger partial charge in [-0.2, -0.15) is 13.2 Å². The fourth-order valence-electron chi connectivity index (χ4n) is 4.82. The van der Waals surface area contributed by atoms with E-state index in [2.05, 4.69) is 29.2 Å². The van der Waals surface area contributed by atoms with Crippen molar-refractivity contribution in [1.29, 1.82) is 0 Å². The molecule has 2 aromatic carbocycles. The van der Waals surface area contributed by atoms with Crippen molar-refractivity contribution < 1.29 is 18.3 Å². The van der Waals surface area contributed by atoms with Crippen LogP contribution in [0.25, 0.3) is 0 Å². The smallest absolute Gasteiger partial charge is 0.387 e. The maximum atomic E-state index is 12.9. The molecule has 2 nitrogen and oxygen atoms in total. The van der Waals surface area contributed by atoms with Crippen LogP contribution in [0.3, 0.4) is 0 Å². The maximum absolute atomic E-state index is 12.9. The summed E-state index contributed by atoms with van der Waals surface area (Å²) in [4.78, 5) is 2.21. The first kappa shape index (κ1) is 18.5. The summed E-state index contributed by atoms with van der Waals surface area (Å²) in [5.74, 6) is 1.84. The first-order valence-corrected chi connectivity index (χ1v) is 9.52. The van der Waals surface area contributed by atoms with Crippen LogP contribution in [0.4, 0.5) is 13.2 Å². The largest absolute Gasteiger partial charge is 0.416 e. The number of aliphatic hydroxyl groups is 1. The Balaban J connectivity index is 1.35. The second-order valence-electron chi connectivity index (χ2n) is 7.96. The van der Waals surface area contributed by atoms with E-state index in [1.165, 1.54) is 11.6 Å². The summed E-state index contributed by atoms with van der Waals surface area (Å²) in [5.41, 5.74) is 1.04. The number of hydrogen-bond donors (Lipinski definition) is 1. The fourth-order valence-corrected chi connectivity index (χ4v) is 4.82. The molecule has 4 rings (SSSR count). The molecule has 1 aliphatic carbocycles. The number of aliphatic hydroxyl groups excluding tert-OH is 1. The summed E-state index contributed by atoms with van der Waals surface area (Å²) in [6.45, 7) is 2.23. The van der Waals surface area contributed by atoms with Gasteiger partial charge in [-0.15, -0.1) is 0 Å². The predicted octanol–water partition coefficient (Wildman–Crippen LogP) is 4.86. The van der Waals surface area contributed by atoms with E-state index in [0.29, 0.717) is 29.9 Å². The number of benzene rings is 2. The Morgan fingerprint density at radius 3 is 2.26 bits per heavy atom. The van der Waals surface area contributed by atoms with Crippen molar-refractivity contribution in [3.63, 3.8) is 0 Å². The summed E-state index contributed by atoms with van der Waals surface area (Å²) in [6, 6.07) is 15.6. The van der Waals surface area contributed by atoms with Crippen molar-refractivity contribution in [2.45, 2.75) is 31.0 Å². The van der Waals surface area contributed by atoms with Crippen LogP contribution in [-0.2, 0) is 6.18 Å². The molecule has 2 aromatic rings. The highest BCUT2D eigenvalue weighted by molar-refractivity contribution is 5.27. The van der Waals surface area contributed by atoms with E-state index in [9.17, 15) is 18.3 Å². The minimum Gasteiger partial charge on any atom is -0.387 e. The van der Waals surface area contributed by atoms with Crippen LogP contribution in [0.15, 0.2) is 54.6 Å². The quantitative estimate of drug-likeness (QED) is 0.825. The third-order valence-electron chi connectivity index (χ3n) is 6.13.